The third kappa shape index (κ3) is 2.63. The molecule has 0 amide bonds. The SMILES string of the molecule is Cc1nn(CCC2CCCCN2C)c(C)c1N. The van der Waals surface area contributed by atoms with Gasteiger partial charge in [0.2, 0.25) is 0 Å². The van der Waals surface area contributed by atoms with Gasteiger partial charge in [0.05, 0.1) is 17.1 Å². The first-order chi connectivity index (χ1) is 8.09. The van der Waals surface area contributed by atoms with Crippen LogP contribution in [-0.2, 0) is 6.54 Å². The Morgan fingerprint density at radius 3 is 2.71 bits per heavy atom. The maximum absolute atomic E-state index is 5.94. The summed E-state index contributed by atoms with van der Waals surface area (Å²) in [5.41, 5.74) is 8.86. The van der Waals surface area contributed by atoms with Crippen LogP contribution in [0.4, 0.5) is 5.69 Å². The molecule has 96 valence electrons. The Labute approximate surface area is 104 Å². The summed E-state index contributed by atoms with van der Waals surface area (Å²) in [4.78, 5) is 2.48. The van der Waals surface area contributed by atoms with Crippen LogP contribution in [0.1, 0.15) is 37.1 Å². The summed E-state index contributed by atoms with van der Waals surface area (Å²) in [6.07, 6.45) is 5.22. The van der Waals surface area contributed by atoms with E-state index in [2.05, 4.69) is 28.7 Å². The van der Waals surface area contributed by atoms with Gasteiger partial charge in [0, 0.05) is 12.6 Å². The number of nitrogens with zero attached hydrogens (tertiary/aromatic N) is 3. The van der Waals surface area contributed by atoms with Crippen LogP contribution in [-0.4, -0.2) is 34.3 Å². The molecule has 1 unspecified atom stereocenters. The molecule has 1 aliphatic rings. The predicted octanol–water partition coefficient (Wildman–Crippen LogP) is 1.96. The number of likely N-dealkylation sites (tertiary alicyclic amines) is 1. The molecule has 0 aromatic carbocycles. The summed E-state index contributed by atoms with van der Waals surface area (Å²) in [5.74, 6) is 0. The van der Waals surface area contributed by atoms with E-state index in [-0.39, 0.29) is 0 Å². The Kier molecular flexibility index (Phi) is 3.72. The smallest absolute Gasteiger partial charge is 0.0825 e. The number of anilines is 1. The lowest BCUT2D eigenvalue weighted by atomic mass is 10.0. The van der Waals surface area contributed by atoms with Crippen LogP contribution in [0.15, 0.2) is 0 Å². The Bertz CT molecular complexity index is 383. The van der Waals surface area contributed by atoms with Gasteiger partial charge in [0.1, 0.15) is 0 Å². The number of nitrogen functional groups attached to an aromatic ring is 1. The van der Waals surface area contributed by atoms with Crippen LogP contribution in [0.5, 0.6) is 0 Å². The van der Waals surface area contributed by atoms with Gasteiger partial charge in [-0.25, -0.2) is 0 Å². The largest absolute Gasteiger partial charge is 0.396 e. The summed E-state index contributed by atoms with van der Waals surface area (Å²) in [5, 5.41) is 4.49. The maximum Gasteiger partial charge on any atom is 0.0825 e. The zero-order valence-corrected chi connectivity index (χ0v) is 11.2. The standard InChI is InChI=1S/C13H24N4/c1-10-13(14)11(2)17(15-10)9-7-12-6-4-5-8-16(12)3/h12H,4-9,14H2,1-3H3. The molecule has 4 heteroatoms. The number of hydrogen-bond donors (Lipinski definition) is 1. The Morgan fingerprint density at radius 1 is 1.35 bits per heavy atom. The van der Waals surface area contributed by atoms with E-state index in [0.717, 1.165) is 23.6 Å². The molecule has 1 aromatic rings. The minimum atomic E-state index is 0.717. The number of rotatable bonds is 3. The van der Waals surface area contributed by atoms with Crippen molar-refractivity contribution in [2.75, 3.05) is 19.3 Å². The molecule has 1 aliphatic heterocycles. The normalized spacial score (nSPS) is 21.9. The van der Waals surface area contributed by atoms with Crippen LogP contribution in [0, 0.1) is 13.8 Å². The van der Waals surface area contributed by atoms with E-state index in [1.807, 2.05) is 6.92 Å². The quantitative estimate of drug-likeness (QED) is 0.872. The van der Waals surface area contributed by atoms with E-state index >= 15 is 0 Å². The van der Waals surface area contributed by atoms with Crippen LogP contribution in [0.2, 0.25) is 0 Å². The molecule has 1 atom stereocenters. The first-order valence-electron chi connectivity index (χ1n) is 6.59. The number of aromatic nitrogens is 2. The molecule has 2 N–H and O–H groups in total. The van der Waals surface area contributed by atoms with Crippen molar-refractivity contribution in [2.45, 2.75) is 52.1 Å². The van der Waals surface area contributed by atoms with Gasteiger partial charge >= 0.3 is 0 Å². The summed E-state index contributed by atoms with van der Waals surface area (Å²) in [7, 11) is 2.24. The van der Waals surface area contributed by atoms with Gasteiger partial charge in [-0.1, -0.05) is 6.42 Å². The fourth-order valence-electron chi connectivity index (χ4n) is 2.71. The fraction of sp³-hybridized carbons (Fsp3) is 0.769. The van der Waals surface area contributed by atoms with Gasteiger partial charge in [-0.3, -0.25) is 4.68 Å². The predicted molar refractivity (Wildman–Crippen MR) is 71.0 cm³/mol. The minimum Gasteiger partial charge on any atom is -0.396 e. The third-order valence-electron chi connectivity index (χ3n) is 4.03. The average Bonchev–Trinajstić information content (AvgIpc) is 2.56. The minimum absolute atomic E-state index is 0.717. The van der Waals surface area contributed by atoms with Crippen molar-refractivity contribution >= 4 is 5.69 Å². The molecular formula is C13H24N4. The molecule has 0 spiro atoms. The molecule has 1 fully saturated rings. The first kappa shape index (κ1) is 12.4. The molecule has 1 saturated heterocycles. The van der Waals surface area contributed by atoms with Crippen LogP contribution >= 0.6 is 0 Å². The lowest BCUT2D eigenvalue weighted by Crippen LogP contribution is -2.36. The molecule has 4 nitrogen and oxygen atoms in total. The molecule has 2 heterocycles. The molecule has 0 radical (unpaired) electrons. The van der Waals surface area contributed by atoms with Crippen molar-refractivity contribution in [3.8, 4) is 0 Å². The highest BCUT2D eigenvalue weighted by Crippen LogP contribution is 2.20. The van der Waals surface area contributed by atoms with Gasteiger partial charge in [0.25, 0.3) is 0 Å². The van der Waals surface area contributed by atoms with E-state index in [4.69, 9.17) is 5.73 Å². The third-order valence-corrected chi connectivity index (χ3v) is 4.03. The van der Waals surface area contributed by atoms with Crippen molar-refractivity contribution in [1.82, 2.24) is 14.7 Å². The van der Waals surface area contributed by atoms with Crippen LogP contribution in [0.3, 0.4) is 0 Å². The lowest BCUT2D eigenvalue weighted by Gasteiger charge is -2.32. The van der Waals surface area contributed by atoms with E-state index < -0.39 is 0 Å². The number of nitrogens with two attached hydrogens (primary N) is 1. The molecule has 0 aliphatic carbocycles. The van der Waals surface area contributed by atoms with Gasteiger partial charge < -0.3 is 10.6 Å². The Hall–Kier alpha value is -1.03. The lowest BCUT2D eigenvalue weighted by molar-refractivity contribution is 0.169. The van der Waals surface area contributed by atoms with Crippen molar-refractivity contribution in [2.24, 2.45) is 0 Å². The Morgan fingerprint density at radius 2 is 2.12 bits per heavy atom. The van der Waals surface area contributed by atoms with Gasteiger partial charge in [-0.05, 0) is 46.7 Å². The summed E-state index contributed by atoms with van der Waals surface area (Å²) < 4.78 is 2.06. The molecular weight excluding hydrogens is 212 g/mol. The van der Waals surface area contributed by atoms with Crippen LogP contribution < -0.4 is 5.73 Å². The van der Waals surface area contributed by atoms with Crippen LogP contribution in [0.25, 0.3) is 0 Å². The summed E-state index contributed by atoms with van der Waals surface area (Å²) in [6, 6.07) is 0.717. The average molecular weight is 236 g/mol. The Balaban J connectivity index is 1.95. The highest BCUT2D eigenvalue weighted by Gasteiger charge is 2.19. The summed E-state index contributed by atoms with van der Waals surface area (Å²) >= 11 is 0. The van der Waals surface area contributed by atoms with Crippen molar-refractivity contribution in [1.29, 1.82) is 0 Å². The highest BCUT2D eigenvalue weighted by molar-refractivity contribution is 5.46. The maximum atomic E-state index is 5.94. The van der Waals surface area contributed by atoms with E-state index in [1.54, 1.807) is 0 Å². The number of piperidine rings is 1. The molecule has 17 heavy (non-hydrogen) atoms. The molecule has 0 saturated carbocycles. The van der Waals surface area contributed by atoms with Gasteiger partial charge in [-0.2, -0.15) is 5.10 Å². The van der Waals surface area contributed by atoms with Gasteiger partial charge in [-0.15, -0.1) is 0 Å². The zero-order chi connectivity index (χ0) is 12.4. The number of hydrogen-bond acceptors (Lipinski definition) is 3. The molecule has 1 aromatic heterocycles. The van der Waals surface area contributed by atoms with E-state index in [9.17, 15) is 0 Å². The topological polar surface area (TPSA) is 47.1 Å². The second kappa shape index (κ2) is 5.08. The van der Waals surface area contributed by atoms with E-state index in [1.165, 1.54) is 32.2 Å². The number of aryl methyl sites for hydroxylation is 2. The molecule has 2 rings (SSSR count). The summed E-state index contributed by atoms with van der Waals surface area (Å²) in [6.45, 7) is 6.26. The highest BCUT2D eigenvalue weighted by atomic mass is 15.3. The monoisotopic (exact) mass is 236 g/mol. The second-order valence-corrected chi connectivity index (χ2v) is 5.23. The molecule has 0 bridgehead atoms. The second-order valence-electron chi connectivity index (χ2n) is 5.23. The fourth-order valence-corrected chi connectivity index (χ4v) is 2.71. The van der Waals surface area contributed by atoms with Crippen molar-refractivity contribution in [3.05, 3.63) is 11.4 Å². The van der Waals surface area contributed by atoms with Crippen molar-refractivity contribution < 1.29 is 0 Å². The van der Waals surface area contributed by atoms with E-state index in [0.29, 0.717) is 6.04 Å². The zero-order valence-electron chi connectivity index (χ0n) is 11.2. The van der Waals surface area contributed by atoms with Gasteiger partial charge in [0.15, 0.2) is 0 Å². The van der Waals surface area contributed by atoms with Crippen molar-refractivity contribution in [3.63, 3.8) is 0 Å². The first-order valence-corrected chi connectivity index (χ1v) is 6.59.